The van der Waals surface area contributed by atoms with Gasteiger partial charge in [-0.2, -0.15) is 0 Å². The van der Waals surface area contributed by atoms with Crippen LogP contribution in [0, 0.1) is 0 Å². The summed E-state index contributed by atoms with van der Waals surface area (Å²) in [6, 6.07) is 10.9. The molecule has 0 N–H and O–H groups in total. The van der Waals surface area contributed by atoms with Crippen molar-refractivity contribution in [1.29, 1.82) is 0 Å². The highest BCUT2D eigenvalue weighted by Crippen LogP contribution is 2.18. The van der Waals surface area contributed by atoms with Crippen LogP contribution in [0.5, 0.6) is 0 Å². The smallest absolute Gasteiger partial charge is 0.410 e. The highest BCUT2D eigenvalue weighted by Gasteiger charge is 2.30. The van der Waals surface area contributed by atoms with Gasteiger partial charge in [0.05, 0.1) is 0 Å². The second-order valence-electron chi connectivity index (χ2n) is 6.94. The summed E-state index contributed by atoms with van der Waals surface area (Å²) in [7, 11) is 0. The average molecular weight is 304 g/mol. The van der Waals surface area contributed by atoms with E-state index in [4.69, 9.17) is 4.74 Å². The summed E-state index contributed by atoms with van der Waals surface area (Å²) in [6.45, 7) is 11.2. The number of piperazine rings is 1. The highest BCUT2D eigenvalue weighted by atomic mass is 16.6. The molecule has 1 heterocycles. The Morgan fingerprint density at radius 2 is 1.91 bits per heavy atom. The lowest BCUT2D eigenvalue weighted by molar-refractivity contribution is 0.00193. The largest absolute Gasteiger partial charge is 0.444 e. The zero-order valence-corrected chi connectivity index (χ0v) is 14.2. The van der Waals surface area contributed by atoms with Crippen molar-refractivity contribution in [3.05, 3.63) is 35.9 Å². The third kappa shape index (κ3) is 4.73. The third-order valence-corrected chi connectivity index (χ3v) is 3.96. The second-order valence-corrected chi connectivity index (χ2v) is 6.94. The van der Waals surface area contributed by atoms with E-state index in [1.165, 1.54) is 5.56 Å². The first-order chi connectivity index (χ1) is 10.4. The van der Waals surface area contributed by atoms with E-state index in [1.807, 2.05) is 31.7 Å². The van der Waals surface area contributed by atoms with Gasteiger partial charge in [0.25, 0.3) is 0 Å². The van der Waals surface area contributed by atoms with E-state index in [0.29, 0.717) is 6.04 Å². The molecule has 1 unspecified atom stereocenters. The summed E-state index contributed by atoms with van der Waals surface area (Å²) >= 11 is 0. The van der Waals surface area contributed by atoms with Gasteiger partial charge in [0.2, 0.25) is 0 Å². The van der Waals surface area contributed by atoms with Gasteiger partial charge < -0.3 is 9.64 Å². The van der Waals surface area contributed by atoms with Crippen LogP contribution in [0.1, 0.15) is 39.7 Å². The van der Waals surface area contributed by atoms with Crippen LogP contribution in [-0.4, -0.2) is 47.2 Å². The third-order valence-electron chi connectivity index (χ3n) is 3.96. The fourth-order valence-corrected chi connectivity index (χ4v) is 2.80. The van der Waals surface area contributed by atoms with Gasteiger partial charge >= 0.3 is 6.09 Å². The van der Waals surface area contributed by atoms with E-state index >= 15 is 0 Å². The van der Waals surface area contributed by atoms with Crippen LogP contribution in [0.25, 0.3) is 0 Å². The van der Waals surface area contributed by atoms with E-state index < -0.39 is 5.60 Å². The summed E-state index contributed by atoms with van der Waals surface area (Å²) in [5.41, 5.74) is 0.895. The molecule has 0 aromatic heterocycles. The Hall–Kier alpha value is -1.55. The minimum absolute atomic E-state index is 0.190. The van der Waals surface area contributed by atoms with Crippen LogP contribution < -0.4 is 0 Å². The summed E-state index contributed by atoms with van der Waals surface area (Å²) in [5.74, 6) is 0. The normalized spacial score (nSPS) is 20.0. The van der Waals surface area contributed by atoms with E-state index in [1.54, 1.807) is 0 Å². The van der Waals surface area contributed by atoms with Crippen molar-refractivity contribution >= 4 is 6.09 Å². The Balaban J connectivity index is 1.95. The molecule has 0 spiro atoms. The van der Waals surface area contributed by atoms with Crippen molar-refractivity contribution < 1.29 is 9.53 Å². The Labute approximate surface area is 134 Å². The predicted octanol–water partition coefficient (Wildman–Crippen LogP) is 3.52. The van der Waals surface area contributed by atoms with Crippen molar-refractivity contribution in [3.63, 3.8) is 0 Å². The number of ether oxygens (including phenoxy) is 1. The van der Waals surface area contributed by atoms with Gasteiger partial charge in [-0.15, -0.1) is 0 Å². The monoisotopic (exact) mass is 304 g/mol. The van der Waals surface area contributed by atoms with E-state index in [9.17, 15) is 4.79 Å². The zero-order valence-electron chi connectivity index (χ0n) is 14.2. The van der Waals surface area contributed by atoms with Crippen molar-refractivity contribution in [3.8, 4) is 0 Å². The Bertz CT molecular complexity index is 482. The fraction of sp³-hybridized carbons (Fsp3) is 0.611. The number of rotatable bonds is 3. The number of amides is 1. The van der Waals surface area contributed by atoms with Crippen molar-refractivity contribution in [2.45, 2.75) is 52.3 Å². The molecule has 1 aromatic carbocycles. The molecule has 0 radical (unpaired) electrons. The van der Waals surface area contributed by atoms with Crippen molar-refractivity contribution in [1.82, 2.24) is 9.80 Å². The molecule has 1 atom stereocenters. The molecule has 2 rings (SSSR count). The molecular weight excluding hydrogens is 276 g/mol. The van der Waals surface area contributed by atoms with E-state index in [2.05, 4.69) is 36.1 Å². The lowest BCUT2D eigenvalue weighted by atomic mass is 10.1. The van der Waals surface area contributed by atoms with Gasteiger partial charge in [-0.05, 0) is 32.8 Å². The zero-order chi connectivity index (χ0) is 16.2. The van der Waals surface area contributed by atoms with Gasteiger partial charge in [-0.1, -0.05) is 37.3 Å². The molecule has 22 heavy (non-hydrogen) atoms. The minimum atomic E-state index is -0.431. The van der Waals surface area contributed by atoms with Crippen molar-refractivity contribution in [2.24, 2.45) is 0 Å². The molecule has 1 aromatic rings. The number of carbonyl (C=O) groups excluding carboxylic acids is 1. The minimum Gasteiger partial charge on any atom is -0.444 e. The molecule has 4 nitrogen and oxygen atoms in total. The van der Waals surface area contributed by atoms with Crippen LogP contribution in [0.15, 0.2) is 30.3 Å². The van der Waals surface area contributed by atoms with Crippen LogP contribution >= 0.6 is 0 Å². The number of nitrogens with zero attached hydrogens (tertiary/aromatic N) is 2. The first-order valence-electron chi connectivity index (χ1n) is 8.15. The topological polar surface area (TPSA) is 32.8 Å². The Kier molecular flexibility index (Phi) is 5.46. The second kappa shape index (κ2) is 7.14. The fourth-order valence-electron chi connectivity index (χ4n) is 2.80. The van der Waals surface area contributed by atoms with Crippen molar-refractivity contribution in [2.75, 3.05) is 19.6 Å². The van der Waals surface area contributed by atoms with E-state index in [0.717, 1.165) is 32.6 Å². The molecule has 122 valence electrons. The summed E-state index contributed by atoms with van der Waals surface area (Å²) in [4.78, 5) is 16.5. The average Bonchev–Trinajstić information content (AvgIpc) is 2.47. The maximum Gasteiger partial charge on any atom is 0.410 e. The SMILES string of the molecule is CCC1CN(C(=O)OC(C)(C)C)CCN1Cc1ccccc1. The molecule has 1 aliphatic heterocycles. The Morgan fingerprint density at radius 1 is 1.23 bits per heavy atom. The molecule has 0 aliphatic carbocycles. The van der Waals surface area contributed by atoms with Crippen LogP contribution in [-0.2, 0) is 11.3 Å². The van der Waals surface area contributed by atoms with Crippen LogP contribution in [0.2, 0.25) is 0 Å². The van der Waals surface area contributed by atoms with Gasteiger partial charge in [0, 0.05) is 32.2 Å². The summed E-state index contributed by atoms with van der Waals surface area (Å²) in [6.07, 6.45) is 0.844. The number of benzene rings is 1. The summed E-state index contributed by atoms with van der Waals surface area (Å²) in [5, 5.41) is 0. The van der Waals surface area contributed by atoms with Crippen LogP contribution in [0.3, 0.4) is 0 Å². The van der Waals surface area contributed by atoms with Gasteiger partial charge in [0.15, 0.2) is 0 Å². The number of carbonyl (C=O) groups is 1. The number of hydrogen-bond acceptors (Lipinski definition) is 3. The molecule has 1 fully saturated rings. The van der Waals surface area contributed by atoms with Gasteiger partial charge in [-0.3, -0.25) is 4.90 Å². The molecule has 4 heteroatoms. The molecule has 1 aliphatic rings. The molecule has 1 amide bonds. The predicted molar refractivity (Wildman–Crippen MR) is 88.7 cm³/mol. The maximum atomic E-state index is 12.2. The molecule has 1 saturated heterocycles. The van der Waals surface area contributed by atoms with Crippen LogP contribution in [0.4, 0.5) is 4.79 Å². The maximum absolute atomic E-state index is 12.2. The highest BCUT2D eigenvalue weighted by molar-refractivity contribution is 5.68. The molecular formula is C18H28N2O2. The first kappa shape index (κ1) is 16.8. The standard InChI is InChI=1S/C18H28N2O2/c1-5-16-14-20(17(21)22-18(2,3)4)12-11-19(16)13-15-9-7-6-8-10-15/h6-10,16H,5,11-14H2,1-4H3. The number of hydrogen-bond donors (Lipinski definition) is 0. The van der Waals surface area contributed by atoms with Gasteiger partial charge in [0.1, 0.15) is 5.60 Å². The quantitative estimate of drug-likeness (QED) is 0.856. The molecule has 0 bridgehead atoms. The Morgan fingerprint density at radius 3 is 2.50 bits per heavy atom. The lowest BCUT2D eigenvalue weighted by Gasteiger charge is -2.41. The first-order valence-corrected chi connectivity index (χ1v) is 8.15. The van der Waals surface area contributed by atoms with E-state index in [-0.39, 0.29) is 6.09 Å². The molecule has 0 saturated carbocycles. The lowest BCUT2D eigenvalue weighted by Crippen LogP contribution is -2.54. The summed E-state index contributed by atoms with van der Waals surface area (Å²) < 4.78 is 5.49. The van der Waals surface area contributed by atoms with Gasteiger partial charge in [-0.25, -0.2) is 4.79 Å².